The second-order valence-corrected chi connectivity index (χ2v) is 7.84. The van der Waals surface area contributed by atoms with E-state index in [-0.39, 0.29) is 10.7 Å². The number of hydrogen-bond acceptors (Lipinski definition) is 5. The first-order chi connectivity index (χ1) is 9.41. The Balaban J connectivity index is 2.10. The highest BCUT2D eigenvalue weighted by Gasteiger charge is 2.25. The first-order valence-electron chi connectivity index (χ1n) is 6.51. The summed E-state index contributed by atoms with van der Waals surface area (Å²) < 4.78 is 26.9. The van der Waals surface area contributed by atoms with Crippen LogP contribution < -0.4 is 5.73 Å². The highest BCUT2D eigenvalue weighted by molar-refractivity contribution is 9.10. The van der Waals surface area contributed by atoms with Gasteiger partial charge in [-0.2, -0.15) is 4.31 Å². The van der Waals surface area contributed by atoms with Crippen molar-refractivity contribution in [2.75, 3.05) is 39.0 Å². The van der Waals surface area contributed by atoms with E-state index in [1.54, 1.807) is 7.05 Å². The molecule has 0 unspecified atom stereocenters. The minimum Gasteiger partial charge on any atom is -0.383 e. The van der Waals surface area contributed by atoms with Crippen LogP contribution in [0.5, 0.6) is 0 Å². The van der Waals surface area contributed by atoms with Gasteiger partial charge in [0.1, 0.15) is 10.7 Å². The summed E-state index contributed by atoms with van der Waals surface area (Å²) in [6, 6.07) is 1.49. The minimum atomic E-state index is -3.59. The summed E-state index contributed by atoms with van der Waals surface area (Å²) in [5.74, 6) is 0.0289. The van der Waals surface area contributed by atoms with Gasteiger partial charge in [-0.25, -0.2) is 13.4 Å². The van der Waals surface area contributed by atoms with Crippen molar-refractivity contribution in [1.29, 1.82) is 0 Å². The number of aromatic nitrogens is 1. The average molecular weight is 363 g/mol. The number of pyridine rings is 1. The molecule has 1 saturated heterocycles. The number of sulfonamides is 1. The molecule has 6 nitrogen and oxygen atoms in total. The third-order valence-corrected chi connectivity index (χ3v) is 5.79. The van der Waals surface area contributed by atoms with Crippen LogP contribution in [0, 0.1) is 0 Å². The molecule has 20 heavy (non-hydrogen) atoms. The molecule has 0 aliphatic carbocycles. The Kier molecular flexibility index (Phi) is 5.00. The van der Waals surface area contributed by atoms with Gasteiger partial charge in [0.25, 0.3) is 0 Å². The molecule has 2 rings (SSSR count). The molecule has 1 aliphatic rings. The van der Waals surface area contributed by atoms with Crippen molar-refractivity contribution in [2.45, 2.75) is 17.7 Å². The number of halogens is 1. The topological polar surface area (TPSA) is 79.5 Å². The van der Waals surface area contributed by atoms with Crippen LogP contribution in [0.2, 0.25) is 0 Å². The average Bonchev–Trinajstić information content (AvgIpc) is 2.91. The van der Waals surface area contributed by atoms with Crippen molar-refractivity contribution in [1.82, 2.24) is 14.2 Å². The molecule has 0 radical (unpaired) electrons. The highest BCUT2D eigenvalue weighted by Crippen LogP contribution is 2.23. The number of likely N-dealkylation sites (tertiary alicyclic amines) is 1. The van der Waals surface area contributed by atoms with Gasteiger partial charge in [-0.1, -0.05) is 0 Å². The quantitative estimate of drug-likeness (QED) is 0.849. The van der Waals surface area contributed by atoms with Gasteiger partial charge < -0.3 is 10.6 Å². The summed E-state index contributed by atoms with van der Waals surface area (Å²) in [5.41, 5.74) is 5.68. The van der Waals surface area contributed by atoms with Crippen LogP contribution in [0.3, 0.4) is 0 Å². The highest BCUT2D eigenvalue weighted by atomic mass is 79.9. The van der Waals surface area contributed by atoms with Crippen molar-refractivity contribution >= 4 is 31.8 Å². The lowest BCUT2D eigenvalue weighted by Gasteiger charge is -2.21. The predicted octanol–water partition coefficient (Wildman–Crippen LogP) is 1.14. The molecule has 0 amide bonds. The maximum Gasteiger partial charge on any atom is 0.246 e. The molecule has 0 atom stereocenters. The van der Waals surface area contributed by atoms with Crippen LogP contribution in [0.1, 0.15) is 12.8 Å². The van der Waals surface area contributed by atoms with Crippen LogP contribution in [0.4, 0.5) is 5.82 Å². The van der Waals surface area contributed by atoms with Gasteiger partial charge >= 0.3 is 0 Å². The molecule has 8 heteroatoms. The zero-order valence-corrected chi connectivity index (χ0v) is 13.8. The molecule has 1 aliphatic heterocycles. The van der Waals surface area contributed by atoms with Gasteiger partial charge in [0.05, 0.1) is 0 Å². The maximum absolute atomic E-state index is 12.5. The number of nitrogens with two attached hydrogens (primary N) is 1. The van der Waals surface area contributed by atoms with Crippen molar-refractivity contribution in [3.8, 4) is 0 Å². The molecule has 2 N–H and O–H groups in total. The maximum atomic E-state index is 12.5. The smallest absolute Gasteiger partial charge is 0.246 e. The molecule has 1 fully saturated rings. The summed E-state index contributed by atoms with van der Waals surface area (Å²) >= 11 is 3.22. The van der Waals surface area contributed by atoms with Crippen LogP contribution in [-0.4, -0.2) is 55.8 Å². The van der Waals surface area contributed by atoms with E-state index in [0.29, 0.717) is 11.0 Å². The van der Waals surface area contributed by atoms with Crippen molar-refractivity contribution in [2.24, 2.45) is 0 Å². The van der Waals surface area contributed by atoms with E-state index < -0.39 is 10.0 Å². The molecular weight excluding hydrogens is 344 g/mol. The summed E-state index contributed by atoms with van der Waals surface area (Å²) in [6.07, 6.45) is 3.87. The Bertz CT molecular complexity index is 573. The second-order valence-electron chi connectivity index (χ2n) is 4.91. The summed E-state index contributed by atoms with van der Waals surface area (Å²) in [6.45, 7) is 3.30. The fourth-order valence-electron chi connectivity index (χ4n) is 2.21. The number of hydrogen-bond donors (Lipinski definition) is 1. The minimum absolute atomic E-state index is 0.0289. The standard InChI is InChI=1S/C12H19BrN4O2S/c1-16(6-7-17-4-2-3-5-17)20(18,19)11-8-10(13)9-15-12(11)14/h8-9H,2-7H2,1H3,(H2,14,15). The predicted molar refractivity (Wildman–Crippen MR) is 81.8 cm³/mol. The van der Waals surface area contributed by atoms with Gasteiger partial charge in [0.2, 0.25) is 10.0 Å². The van der Waals surface area contributed by atoms with E-state index in [9.17, 15) is 8.42 Å². The number of likely N-dealkylation sites (N-methyl/N-ethyl adjacent to an activating group) is 1. The number of anilines is 1. The lowest BCUT2D eigenvalue weighted by Crippen LogP contribution is -2.35. The molecule has 2 heterocycles. The molecule has 1 aromatic heterocycles. The van der Waals surface area contributed by atoms with E-state index in [0.717, 1.165) is 19.6 Å². The van der Waals surface area contributed by atoms with Crippen LogP contribution in [0.25, 0.3) is 0 Å². The lowest BCUT2D eigenvalue weighted by molar-refractivity contribution is 0.310. The largest absolute Gasteiger partial charge is 0.383 e. The number of nitrogen functional groups attached to an aromatic ring is 1. The van der Waals surface area contributed by atoms with Gasteiger partial charge in [0.15, 0.2) is 0 Å². The SMILES string of the molecule is CN(CCN1CCCC1)S(=O)(=O)c1cc(Br)cnc1N. The Morgan fingerprint density at radius 2 is 2.10 bits per heavy atom. The van der Waals surface area contributed by atoms with Crippen LogP contribution in [-0.2, 0) is 10.0 Å². The van der Waals surface area contributed by atoms with E-state index in [1.807, 2.05) is 0 Å². The van der Waals surface area contributed by atoms with Crippen molar-refractivity contribution in [3.05, 3.63) is 16.7 Å². The first kappa shape index (κ1) is 15.7. The fraction of sp³-hybridized carbons (Fsp3) is 0.583. The lowest BCUT2D eigenvalue weighted by atomic mass is 10.4. The molecule has 0 aromatic carbocycles. The Morgan fingerprint density at radius 1 is 1.45 bits per heavy atom. The molecule has 0 bridgehead atoms. The fourth-order valence-corrected chi connectivity index (χ4v) is 3.95. The Labute approximate surface area is 128 Å². The van der Waals surface area contributed by atoms with Crippen LogP contribution in [0.15, 0.2) is 21.6 Å². The van der Waals surface area contributed by atoms with E-state index in [4.69, 9.17) is 5.73 Å². The molecular formula is C12H19BrN4O2S. The van der Waals surface area contributed by atoms with Crippen molar-refractivity contribution in [3.63, 3.8) is 0 Å². The number of nitrogens with zero attached hydrogens (tertiary/aromatic N) is 3. The third-order valence-electron chi connectivity index (χ3n) is 3.47. The van der Waals surface area contributed by atoms with Gasteiger partial charge in [-0.3, -0.25) is 0 Å². The second kappa shape index (κ2) is 6.38. The Hall–Kier alpha value is -0.700. The van der Waals surface area contributed by atoms with Gasteiger partial charge in [-0.15, -0.1) is 0 Å². The van der Waals surface area contributed by atoms with E-state index in [1.165, 1.54) is 29.4 Å². The van der Waals surface area contributed by atoms with Crippen molar-refractivity contribution < 1.29 is 8.42 Å². The van der Waals surface area contributed by atoms with E-state index in [2.05, 4.69) is 25.8 Å². The summed E-state index contributed by atoms with van der Waals surface area (Å²) in [7, 11) is -2.02. The third kappa shape index (κ3) is 3.49. The van der Waals surface area contributed by atoms with Gasteiger partial charge in [-0.05, 0) is 47.9 Å². The first-order valence-corrected chi connectivity index (χ1v) is 8.74. The van der Waals surface area contributed by atoms with Crippen LogP contribution >= 0.6 is 15.9 Å². The number of rotatable bonds is 5. The Morgan fingerprint density at radius 3 is 2.75 bits per heavy atom. The van der Waals surface area contributed by atoms with Gasteiger partial charge in [0, 0.05) is 30.8 Å². The molecule has 0 spiro atoms. The van der Waals surface area contributed by atoms with E-state index >= 15 is 0 Å². The normalized spacial score (nSPS) is 16.9. The molecule has 1 aromatic rings. The molecule has 0 saturated carbocycles. The monoisotopic (exact) mass is 362 g/mol. The summed E-state index contributed by atoms with van der Waals surface area (Å²) in [4.78, 5) is 6.20. The molecule has 112 valence electrons. The zero-order valence-electron chi connectivity index (χ0n) is 11.4. The zero-order chi connectivity index (χ0) is 14.8. The summed E-state index contributed by atoms with van der Waals surface area (Å²) in [5, 5.41) is 0.